The van der Waals surface area contributed by atoms with Crippen LogP contribution >= 0.6 is 12.8 Å². The van der Waals surface area contributed by atoms with E-state index in [1.54, 1.807) is 0 Å². The Morgan fingerprint density at radius 3 is 2.71 bits per heavy atom. The fourth-order valence-corrected chi connectivity index (χ4v) is 2.07. The van der Waals surface area contributed by atoms with Crippen molar-refractivity contribution in [2.45, 2.75) is 13.5 Å². The van der Waals surface area contributed by atoms with Crippen LogP contribution in [-0.4, -0.2) is 11.1 Å². The predicted octanol–water partition coefficient (Wildman–Crippen LogP) is 3.40. The Morgan fingerprint density at radius 1 is 1.29 bits per heavy atom. The lowest BCUT2D eigenvalue weighted by Crippen LogP contribution is -2.33. The quantitative estimate of drug-likeness (QED) is 0.761. The Kier molecular flexibility index (Phi) is 4.70. The minimum Gasteiger partial charge on any atom is -0.503 e. The molecule has 0 saturated carbocycles. The fourth-order valence-electron chi connectivity index (χ4n) is 1.84. The first-order valence-corrected chi connectivity index (χ1v) is 6.69. The SMILES string of the molecule is Cc1ccccc1CNC(=O)N(S)c1cccc(F)c1O. The molecule has 0 bridgehead atoms. The van der Waals surface area contributed by atoms with Crippen LogP contribution in [0.15, 0.2) is 42.5 Å². The zero-order valence-corrected chi connectivity index (χ0v) is 12.3. The number of rotatable bonds is 3. The maximum atomic E-state index is 13.3. The minimum atomic E-state index is -0.807. The van der Waals surface area contributed by atoms with Gasteiger partial charge in [-0.1, -0.05) is 43.1 Å². The highest BCUT2D eigenvalue weighted by molar-refractivity contribution is 7.82. The summed E-state index contributed by atoms with van der Waals surface area (Å²) in [5.74, 6) is -1.42. The van der Waals surface area contributed by atoms with Gasteiger partial charge in [-0.2, -0.15) is 0 Å². The molecule has 2 amide bonds. The molecule has 6 heteroatoms. The number of hydrogen-bond acceptors (Lipinski definition) is 3. The third-order valence-corrected chi connectivity index (χ3v) is 3.47. The number of urea groups is 1. The van der Waals surface area contributed by atoms with E-state index in [1.807, 2.05) is 31.2 Å². The average Bonchev–Trinajstić information content (AvgIpc) is 2.48. The minimum absolute atomic E-state index is 0.0133. The number of amides is 2. The number of carbonyl (C=O) groups is 1. The van der Waals surface area contributed by atoms with Crippen molar-refractivity contribution < 1.29 is 14.3 Å². The van der Waals surface area contributed by atoms with E-state index in [2.05, 4.69) is 18.1 Å². The number of halogens is 1. The molecule has 0 heterocycles. The van der Waals surface area contributed by atoms with Gasteiger partial charge in [-0.25, -0.2) is 13.5 Å². The lowest BCUT2D eigenvalue weighted by Gasteiger charge is -2.18. The van der Waals surface area contributed by atoms with Crippen LogP contribution in [0.2, 0.25) is 0 Å². The lowest BCUT2D eigenvalue weighted by atomic mass is 10.1. The number of phenolic OH excluding ortho intramolecular Hbond substituents is 1. The normalized spacial score (nSPS) is 10.2. The number of hydrogen-bond donors (Lipinski definition) is 3. The van der Waals surface area contributed by atoms with Crippen molar-refractivity contribution in [3.63, 3.8) is 0 Å². The molecule has 2 aromatic rings. The molecule has 21 heavy (non-hydrogen) atoms. The van der Waals surface area contributed by atoms with E-state index >= 15 is 0 Å². The van der Waals surface area contributed by atoms with Crippen LogP contribution in [0.4, 0.5) is 14.9 Å². The summed E-state index contributed by atoms with van der Waals surface area (Å²) in [6.07, 6.45) is 0. The molecule has 0 atom stereocenters. The second-order valence-electron chi connectivity index (χ2n) is 4.50. The van der Waals surface area contributed by atoms with E-state index < -0.39 is 17.6 Å². The number of aryl methyl sites for hydroxylation is 1. The molecule has 0 unspecified atom stereocenters. The molecular weight excluding hydrogens is 291 g/mol. The van der Waals surface area contributed by atoms with Gasteiger partial charge < -0.3 is 10.4 Å². The molecule has 0 aromatic heterocycles. The van der Waals surface area contributed by atoms with E-state index in [4.69, 9.17) is 0 Å². The first-order valence-electron chi connectivity index (χ1n) is 6.29. The smallest absolute Gasteiger partial charge is 0.332 e. The van der Waals surface area contributed by atoms with Gasteiger partial charge >= 0.3 is 6.03 Å². The molecular formula is C15H15FN2O2S. The Bertz CT molecular complexity index is 664. The molecule has 0 aliphatic heterocycles. The molecule has 0 radical (unpaired) electrons. The second kappa shape index (κ2) is 6.49. The Morgan fingerprint density at radius 2 is 2.00 bits per heavy atom. The molecule has 0 fully saturated rings. The summed E-state index contributed by atoms with van der Waals surface area (Å²) >= 11 is 4.00. The van der Waals surface area contributed by atoms with Crippen LogP contribution in [0.5, 0.6) is 5.75 Å². The number of carbonyl (C=O) groups excluding carboxylic acids is 1. The van der Waals surface area contributed by atoms with Crippen LogP contribution in [0.25, 0.3) is 0 Å². The summed E-state index contributed by atoms with van der Waals surface area (Å²) in [4.78, 5) is 12.0. The maximum absolute atomic E-state index is 13.3. The number of aromatic hydroxyl groups is 1. The summed E-state index contributed by atoms with van der Waals surface area (Å²) in [5, 5.41) is 12.3. The van der Waals surface area contributed by atoms with Gasteiger partial charge in [0.05, 0.1) is 0 Å². The maximum Gasteiger partial charge on any atom is 0.332 e. The van der Waals surface area contributed by atoms with Gasteiger partial charge in [0.25, 0.3) is 0 Å². The fraction of sp³-hybridized carbons (Fsp3) is 0.133. The Hall–Kier alpha value is -2.21. The molecule has 2 rings (SSSR count). The summed E-state index contributed by atoms with van der Waals surface area (Å²) in [6.45, 7) is 2.26. The molecule has 110 valence electrons. The van der Waals surface area contributed by atoms with Crippen molar-refractivity contribution in [1.29, 1.82) is 0 Å². The molecule has 4 nitrogen and oxygen atoms in total. The van der Waals surface area contributed by atoms with E-state index in [0.29, 0.717) is 6.54 Å². The zero-order valence-electron chi connectivity index (χ0n) is 11.4. The topological polar surface area (TPSA) is 52.6 Å². The van der Waals surface area contributed by atoms with Crippen molar-refractivity contribution in [1.82, 2.24) is 5.32 Å². The lowest BCUT2D eigenvalue weighted by molar-refractivity contribution is 0.249. The number of thiol groups is 1. The van der Waals surface area contributed by atoms with Gasteiger partial charge in [-0.15, -0.1) is 0 Å². The average molecular weight is 306 g/mol. The number of anilines is 1. The number of benzene rings is 2. The summed E-state index contributed by atoms with van der Waals surface area (Å²) in [5.41, 5.74) is 2.01. The molecule has 2 N–H and O–H groups in total. The summed E-state index contributed by atoms with van der Waals surface area (Å²) < 4.78 is 14.1. The Balaban J connectivity index is 2.07. The van der Waals surface area contributed by atoms with Crippen molar-refractivity contribution in [2.75, 3.05) is 4.31 Å². The van der Waals surface area contributed by atoms with E-state index in [9.17, 15) is 14.3 Å². The predicted molar refractivity (Wildman–Crippen MR) is 82.9 cm³/mol. The molecule has 0 aliphatic carbocycles. The van der Waals surface area contributed by atoms with Gasteiger partial charge in [0.1, 0.15) is 5.69 Å². The van der Waals surface area contributed by atoms with Crippen LogP contribution in [0, 0.1) is 12.7 Å². The van der Waals surface area contributed by atoms with Gasteiger partial charge in [-0.05, 0) is 30.2 Å². The largest absolute Gasteiger partial charge is 0.503 e. The first kappa shape index (κ1) is 15.2. The third-order valence-electron chi connectivity index (χ3n) is 3.08. The molecule has 2 aromatic carbocycles. The number of nitrogens with one attached hydrogen (secondary N) is 1. The van der Waals surface area contributed by atoms with Gasteiger partial charge in [0.2, 0.25) is 0 Å². The van der Waals surface area contributed by atoms with Gasteiger partial charge in [0, 0.05) is 6.54 Å². The summed E-state index contributed by atoms with van der Waals surface area (Å²) in [7, 11) is 0. The van der Waals surface area contributed by atoms with Crippen LogP contribution < -0.4 is 9.62 Å². The molecule has 0 spiro atoms. The monoisotopic (exact) mass is 306 g/mol. The van der Waals surface area contributed by atoms with Crippen molar-refractivity contribution >= 4 is 24.5 Å². The summed E-state index contributed by atoms with van der Waals surface area (Å²) in [6, 6.07) is 11.0. The van der Waals surface area contributed by atoms with Gasteiger partial charge in [0.15, 0.2) is 11.6 Å². The van der Waals surface area contributed by atoms with E-state index in [0.717, 1.165) is 21.5 Å². The number of para-hydroxylation sites is 1. The van der Waals surface area contributed by atoms with Crippen LogP contribution in [-0.2, 0) is 6.54 Å². The zero-order chi connectivity index (χ0) is 15.4. The number of nitrogens with zero attached hydrogens (tertiary/aromatic N) is 1. The standard InChI is InChI=1S/C15H15FN2O2S/c1-10-5-2-3-6-11(10)9-17-15(20)18(21)13-8-4-7-12(16)14(13)19/h2-8,19,21H,9H2,1H3,(H,17,20). The second-order valence-corrected chi connectivity index (χ2v) is 4.90. The van der Waals surface area contributed by atoms with Crippen molar-refractivity contribution in [2.24, 2.45) is 0 Å². The Labute approximate surface area is 127 Å². The first-order chi connectivity index (χ1) is 10.0. The van der Waals surface area contributed by atoms with Crippen molar-refractivity contribution in [3.05, 3.63) is 59.4 Å². The highest BCUT2D eigenvalue weighted by Crippen LogP contribution is 2.30. The van der Waals surface area contributed by atoms with Gasteiger partial charge in [-0.3, -0.25) is 0 Å². The van der Waals surface area contributed by atoms with E-state index in [-0.39, 0.29) is 5.69 Å². The van der Waals surface area contributed by atoms with Crippen molar-refractivity contribution in [3.8, 4) is 5.75 Å². The molecule has 0 aliphatic rings. The van der Waals surface area contributed by atoms with Crippen LogP contribution in [0.1, 0.15) is 11.1 Å². The highest BCUT2D eigenvalue weighted by atomic mass is 32.1. The highest BCUT2D eigenvalue weighted by Gasteiger charge is 2.17. The third kappa shape index (κ3) is 3.46. The van der Waals surface area contributed by atoms with Crippen LogP contribution in [0.3, 0.4) is 0 Å². The molecule has 0 saturated heterocycles. The van der Waals surface area contributed by atoms with E-state index in [1.165, 1.54) is 12.1 Å². The number of phenols is 1.